The fourth-order valence-electron chi connectivity index (χ4n) is 2.69. The van der Waals surface area contributed by atoms with Gasteiger partial charge in [-0.1, -0.05) is 0 Å². The Morgan fingerprint density at radius 2 is 1.95 bits per heavy atom. The zero-order valence-electron chi connectivity index (χ0n) is 12.3. The Morgan fingerprint density at radius 3 is 2.67 bits per heavy atom. The van der Waals surface area contributed by atoms with Crippen LogP contribution in [0.1, 0.15) is 41.2 Å². The first-order valence-corrected chi connectivity index (χ1v) is 8.76. The molecule has 0 bridgehead atoms. The standard InChI is InChI=1S/C17H22N2OS/c1-2-15(20-9-1)11-19(14-5-6-14)12-17-8-7-16(21-17)10-18-13-3-4-13/h1-2,7-9,13-14,18H,3-6,10-12H2. The van der Waals surface area contributed by atoms with Gasteiger partial charge >= 0.3 is 0 Å². The van der Waals surface area contributed by atoms with Crippen LogP contribution >= 0.6 is 11.3 Å². The van der Waals surface area contributed by atoms with Gasteiger partial charge in [0.25, 0.3) is 0 Å². The van der Waals surface area contributed by atoms with Crippen LogP contribution in [0.5, 0.6) is 0 Å². The fraction of sp³-hybridized carbons (Fsp3) is 0.529. The molecule has 0 unspecified atom stereocenters. The predicted molar refractivity (Wildman–Crippen MR) is 85.2 cm³/mol. The number of hydrogen-bond donors (Lipinski definition) is 1. The molecule has 2 aromatic heterocycles. The molecule has 0 spiro atoms. The number of rotatable bonds is 8. The number of nitrogens with zero attached hydrogens (tertiary/aromatic N) is 1. The van der Waals surface area contributed by atoms with E-state index in [1.54, 1.807) is 6.26 Å². The lowest BCUT2D eigenvalue weighted by molar-refractivity contribution is 0.227. The maximum absolute atomic E-state index is 5.51. The molecule has 0 aromatic carbocycles. The second kappa shape index (κ2) is 5.95. The van der Waals surface area contributed by atoms with Crippen LogP contribution in [-0.2, 0) is 19.6 Å². The first-order chi connectivity index (χ1) is 10.4. The van der Waals surface area contributed by atoms with Gasteiger partial charge in [0, 0.05) is 34.9 Å². The molecule has 2 heterocycles. The molecular formula is C17H22N2OS. The van der Waals surface area contributed by atoms with Crippen molar-refractivity contribution in [2.24, 2.45) is 0 Å². The molecular weight excluding hydrogens is 280 g/mol. The molecule has 0 atom stereocenters. The topological polar surface area (TPSA) is 28.4 Å². The third-order valence-electron chi connectivity index (χ3n) is 4.22. The van der Waals surface area contributed by atoms with Gasteiger partial charge < -0.3 is 9.73 Å². The van der Waals surface area contributed by atoms with Crippen molar-refractivity contribution < 1.29 is 4.42 Å². The molecule has 4 rings (SSSR count). The average molecular weight is 302 g/mol. The second-order valence-electron chi connectivity index (χ2n) is 6.24. The van der Waals surface area contributed by atoms with E-state index in [1.807, 2.05) is 17.4 Å². The van der Waals surface area contributed by atoms with Crippen LogP contribution in [-0.4, -0.2) is 17.0 Å². The van der Waals surface area contributed by atoms with Gasteiger partial charge in [0.05, 0.1) is 12.8 Å². The van der Waals surface area contributed by atoms with Crippen molar-refractivity contribution in [1.82, 2.24) is 10.2 Å². The van der Waals surface area contributed by atoms with Crippen LogP contribution in [0, 0.1) is 0 Å². The molecule has 2 fully saturated rings. The van der Waals surface area contributed by atoms with Crippen LogP contribution in [0.15, 0.2) is 34.9 Å². The summed E-state index contributed by atoms with van der Waals surface area (Å²) < 4.78 is 5.51. The van der Waals surface area contributed by atoms with Crippen LogP contribution < -0.4 is 5.32 Å². The lowest BCUT2D eigenvalue weighted by Crippen LogP contribution is -2.24. The first-order valence-electron chi connectivity index (χ1n) is 7.94. The van der Waals surface area contributed by atoms with E-state index in [-0.39, 0.29) is 0 Å². The van der Waals surface area contributed by atoms with Gasteiger partial charge in [-0.3, -0.25) is 4.90 Å². The van der Waals surface area contributed by atoms with Crippen molar-refractivity contribution >= 4 is 11.3 Å². The molecule has 2 aliphatic rings. The predicted octanol–water partition coefficient (Wildman–Crippen LogP) is 3.76. The Labute approximate surface area is 130 Å². The Kier molecular flexibility index (Phi) is 3.84. The summed E-state index contributed by atoms with van der Waals surface area (Å²) in [5, 5.41) is 3.59. The van der Waals surface area contributed by atoms with Crippen molar-refractivity contribution in [3.63, 3.8) is 0 Å². The highest BCUT2D eigenvalue weighted by molar-refractivity contribution is 7.11. The summed E-state index contributed by atoms with van der Waals surface area (Å²) in [6.07, 6.45) is 7.16. The highest BCUT2D eigenvalue weighted by Crippen LogP contribution is 2.31. The van der Waals surface area contributed by atoms with Gasteiger partial charge in [-0.2, -0.15) is 0 Å². The fourth-order valence-corrected chi connectivity index (χ4v) is 3.69. The van der Waals surface area contributed by atoms with Gasteiger partial charge in [-0.15, -0.1) is 11.3 Å². The van der Waals surface area contributed by atoms with E-state index in [2.05, 4.69) is 28.4 Å². The summed E-state index contributed by atoms with van der Waals surface area (Å²) in [5.74, 6) is 1.08. The molecule has 2 aliphatic carbocycles. The largest absolute Gasteiger partial charge is 0.468 e. The third kappa shape index (κ3) is 3.76. The Morgan fingerprint density at radius 1 is 1.10 bits per heavy atom. The summed E-state index contributed by atoms with van der Waals surface area (Å²) in [6, 6.07) is 10.2. The molecule has 112 valence electrons. The molecule has 2 saturated carbocycles. The lowest BCUT2D eigenvalue weighted by atomic mass is 10.3. The highest BCUT2D eigenvalue weighted by Gasteiger charge is 2.29. The summed E-state index contributed by atoms with van der Waals surface area (Å²) >= 11 is 1.95. The molecule has 0 radical (unpaired) electrons. The molecule has 0 amide bonds. The monoisotopic (exact) mass is 302 g/mol. The maximum atomic E-state index is 5.51. The summed E-state index contributed by atoms with van der Waals surface area (Å²) in [7, 11) is 0. The second-order valence-corrected chi connectivity index (χ2v) is 7.49. The van der Waals surface area contributed by atoms with E-state index in [1.165, 1.54) is 35.4 Å². The Bertz CT molecular complexity index is 569. The molecule has 21 heavy (non-hydrogen) atoms. The number of furan rings is 1. The van der Waals surface area contributed by atoms with Gasteiger partial charge in [0.15, 0.2) is 0 Å². The van der Waals surface area contributed by atoms with Gasteiger partial charge in [0.2, 0.25) is 0 Å². The highest BCUT2D eigenvalue weighted by atomic mass is 32.1. The van der Waals surface area contributed by atoms with Crippen LogP contribution in [0.2, 0.25) is 0 Å². The number of nitrogens with one attached hydrogen (secondary N) is 1. The summed E-state index contributed by atoms with van der Waals surface area (Å²) in [5.41, 5.74) is 0. The van der Waals surface area contributed by atoms with Crippen molar-refractivity contribution in [3.8, 4) is 0 Å². The summed E-state index contributed by atoms with van der Waals surface area (Å²) in [6.45, 7) is 3.03. The molecule has 0 saturated heterocycles. The summed E-state index contributed by atoms with van der Waals surface area (Å²) in [4.78, 5) is 5.50. The SMILES string of the molecule is c1coc(CN(Cc2ccc(CNC3CC3)s2)C2CC2)c1. The van der Waals surface area contributed by atoms with Crippen LogP contribution in [0.3, 0.4) is 0 Å². The minimum Gasteiger partial charge on any atom is -0.468 e. The van der Waals surface area contributed by atoms with Crippen molar-refractivity contribution in [3.05, 3.63) is 46.0 Å². The van der Waals surface area contributed by atoms with E-state index in [0.717, 1.165) is 37.5 Å². The average Bonchev–Trinajstić information content (AvgIpc) is 3.41. The first kappa shape index (κ1) is 13.6. The molecule has 0 aliphatic heterocycles. The van der Waals surface area contributed by atoms with E-state index < -0.39 is 0 Å². The van der Waals surface area contributed by atoms with Crippen molar-refractivity contribution in [1.29, 1.82) is 0 Å². The van der Waals surface area contributed by atoms with Crippen molar-refractivity contribution in [2.45, 2.75) is 57.4 Å². The Balaban J connectivity index is 1.35. The zero-order chi connectivity index (χ0) is 14.1. The van der Waals surface area contributed by atoms with Gasteiger partial charge in [-0.05, 0) is 49.9 Å². The maximum Gasteiger partial charge on any atom is 0.117 e. The minimum absolute atomic E-state index is 0.755. The quantitative estimate of drug-likeness (QED) is 0.805. The van der Waals surface area contributed by atoms with E-state index >= 15 is 0 Å². The third-order valence-corrected chi connectivity index (χ3v) is 5.29. The lowest BCUT2D eigenvalue weighted by Gasteiger charge is -2.19. The number of hydrogen-bond acceptors (Lipinski definition) is 4. The van der Waals surface area contributed by atoms with Crippen molar-refractivity contribution in [2.75, 3.05) is 0 Å². The van der Waals surface area contributed by atoms with E-state index in [4.69, 9.17) is 4.42 Å². The minimum atomic E-state index is 0.755. The molecule has 2 aromatic rings. The number of thiophene rings is 1. The zero-order valence-corrected chi connectivity index (χ0v) is 13.1. The molecule has 4 heteroatoms. The van der Waals surface area contributed by atoms with Crippen LogP contribution in [0.4, 0.5) is 0 Å². The molecule has 1 N–H and O–H groups in total. The van der Waals surface area contributed by atoms with E-state index in [0.29, 0.717) is 0 Å². The van der Waals surface area contributed by atoms with E-state index in [9.17, 15) is 0 Å². The van der Waals surface area contributed by atoms with Crippen LogP contribution in [0.25, 0.3) is 0 Å². The van der Waals surface area contributed by atoms with Gasteiger partial charge in [0.1, 0.15) is 5.76 Å². The smallest absolute Gasteiger partial charge is 0.117 e. The normalized spacial score (nSPS) is 18.5. The Hall–Kier alpha value is -1.10. The van der Waals surface area contributed by atoms with Gasteiger partial charge in [-0.25, -0.2) is 0 Å². The molecule has 3 nitrogen and oxygen atoms in total.